The minimum absolute atomic E-state index is 0.791. The highest BCUT2D eigenvalue weighted by molar-refractivity contribution is 14.1. The van der Waals surface area contributed by atoms with Gasteiger partial charge in [-0.3, -0.25) is 4.99 Å². The number of aliphatic imine (C=N–C) groups is 1. The van der Waals surface area contributed by atoms with Crippen molar-refractivity contribution in [3.8, 4) is 0 Å². The molecule has 5 unspecified atom stereocenters. The van der Waals surface area contributed by atoms with Crippen LogP contribution in [0.5, 0.6) is 0 Å². The molecule has 3 aliphatic carbocycles. The lowest BCUT2D eigenvalue weighted by Crippen LogP contribution is -2.55. The molecule has 0 aromatic heterocycles. The van der Waals surface area contributed by atoms with Crippen LogP contribution in [0.4, 0.5) is 0 Å². The van der Waals surface area contributed by atoms with E-state index in [4.69, 9.17) is 4.99 Å². The van der Waals surface area contributed by atoms with Gasteiger partial charge in [0.1, 0.15) is 0 Å². The van der Waals surface area contributed by atoms with Crippen molar-refractivity contribution in [3.63, 3.8) is 0 Å². The summed E-state index contributed by atoms with van der Waals surface area (Å²) in [5.41, 5.74) is 1.63. The van der Waals surface area contributed by atoms with Crippen molar-refractivity contribution in [1.29, 1.82) is 0 Å². The van der Waals surface area contributed by atoms with Gasteiger partial charge >= 0.3 is 0 Å². The van der Waals surface area contributed by atoms with Crippen LogP contribution in [0.15, 0.2) is 4.99 Å². The van der Waals surface area contributed by atoms with Crippen LogP contribution in [-0.4, -0.2) is 15.7 Å². The lowest BCUT2D eigenvalue weighted by Gasteiger charge is -2.50. The zero-order valence-electron chi connectivity index (χ0n) is 6.91. The largest absolute Gasteiger partial charge is 0.289 e. The van der Waals surface area contributed by atoms with E-state index in [1.807, 2.05) is 0 Å². The van der Waals surface area contributed by atoms with Gasteiger partial charge in [0.05, 0.1) is 6.04 Å². The molecule has 64 valence electrons. The Balaban J connectivity index is 1.58. The fraction of sp³-hybridized carbons (Fsp3) is 0.900. The van der Waals surface area contributed by atoms with E-state index in [0.717, 1.165) is 33.6 Å². The second-order valence-electron chi connectivity index (χ2n) is 4.83. The van der Waals surface area contributed by atoms with Gasteiger partial charge in [0, 0.05) is 21.5 Å². The summed E-state index contributed by atoms with van der Waals surface area (Å²) >= 11 is 2.62. The van der Waals surface area contributed by atoms with Crippen LogP contribution in [0.1, 0.15) is 19.3 Å². The van der Waals surface area contributed by atoms with E-state index in [0.29, 0.717) is 0 Å². The van der Waals surface area contributed by atoms with Crippen molar-refractivity contribution in [2.45, 2.75) is 29.2 Å². The molecule has 1 aliphatic heterocycles. The fourth-order valence-corrected chi connectivity index (χ4v) is 4.46. The molecule has 1 nitrogen and oxygen atoms in total. The second kappa shape index (κ2) is 1.91. The summed E-state index contributed by atoms with van der Waals surface area (Å²) in [4.78, 5) is 4.80. The molecule has 3 saturated carbocycles. The number of nitrogens with zero attached hydrogens (tertiary/aromatic N) is 1. The molecule has 0 aromatic rings. The molecular formula is C10H12IN. The van der Waals surface area contributed by atoms with Gasteiger partial charge in [0.25, 0.3) is 0 Å². The number of halogens is 1. The Morgan fingerprint density at radius 3 is 2.75 bits per heavy atom. The molecule has 12 heavy (non-hydrogen) atoms. The minimum atomic E-state index is 0.791. The number of fused-ring (bicyclic) bond motifs is 4. The minimum Gasteiger partial charge on any atom is -0.289 e. The van der Waals surface area contributed by atoms with Crippen LogP contribution in [0.25, 0.3) is 0 Å². The smallest absolute Gasteiger partial charge is 0.0620 e. The average Bonchev–Trinajstić information content (AvgIpc) is 2.67. The average molecular weight is 273 g/mol. The van der Waals surface area contributed by atoms with Crippen molar-refractivity contribution in [1.82, 2.24) is 0 Å². The quantitative estimate of drug-likeness (QED) is 0.513. The molecule has 0 radical (unpaired) electrons. The van der Waals surface area contributed by atoms with Gasteiger partial charge in [-0.2, -0.15) is 0 Å². The fourth-order valence-electron chi connectivity index (χ4n) is 3.31. The Morgan fingerprint density at radius 1 is 1.25 bits per heavy atom. The van der Waals surface area contributed by atoms with Crippen molar-refractivity contribution >= 4 is 28.3 Å². The maximum absolute atomic E-state index is 4.80. The Labute approximate surface area is 86.2 Å². The first-order chi connectivity index (χ1) is 5.86. The lowest BCUT2D eigenvalue weighted by molar-refractivity contribution is 0.202. The molecule has 0 bridgehead atoms. The van der Waals surface area contributed by atoms with E-state index in [1.165, 1.54) is 19.3 Å². The summed E-state index contributed by atoms with van der Waals surface area (Å²) in [6, 6.07) is 0.791. The Kier molecular flexibility index (Phi) is 1.08. The molecule has 0 amide bonds. The summed E-state index contributed by atoms with van der Waals surface area (Å²) in [5.74, 6) is 4.09. The normalized spacial score (nSPS) is 64.6. The van der Waals surface area contributed by atoms with E-state index in [-0.39, 0.29) is 0 Å². The predicted octanol–water partition coefficient (Wildman–Crippen LogP) is 2.29. The zero-order chi connectivity index (χ0) is 7.87. The van der Waals surface area contributed by atoms with Gasteiger partial charge in [0.15, 0.2) is 0 Å². The van der Waals surface area contributed by atoms with Gasteiger partial charge < -0.3 is 0 Å². The highest BCUT2D eigenvalue weighted by Crippen LogP contribution is 2.65. The topological polar surface area (TPSA) is 12.4 Å². The van der Waals surface area contributed by atoms with E-state index in [1.54, 1.807) is 5.71 Å². The van der Waals surface area contributed by atoms with Crippen LogP contribution >= 0.6 is 22.6 Å². The van der Waals surface area contributed by atoms with Crippen molar-refractivity contribution in [2.24, 2.45) is 28.7 Å². The third kappa shape index (κ3) is 0.592. The van der Waals surface area contributed by atoms with E-state index in [2.05, 4.69) is 22.6 Å². The molecule has 4 aliphatic rings. The first-order valence-corrected chi connectivity index (χ1v) is 6.32. The highest BCUT2D eigenvalue weighted by atomic mass is 127. The Hall–Kier alpha value is 0.400. The first kappa shape index (κ1) is 6.80. The molecule has 1 heterocycles. The van der Waals surface area contributed by atoms with Crippen LogP contribution in [0, 0.1) is 23.7 Å². The molecule has 2 heteroatoms. The van der Waals surface area contributed by atoms with Crippen LogP contribution in [-0.2, 0) is 0 Å². The molecule has 0 spiro atoms. The SMILES string of the molecule is I[C@H]1CCC1C1N=C2C3CC3C21. The third-order valence-corrected chi connectivity index (χ3v) is 5.91. The Morgan fingerprint density at radius 2 is 2.17 bits per heavy atom. The molecule has 6 atom stereocenters. The molecule has 0 aromatic carbocycles. The van der Waals surface area contributed by atoms with Crippen LogP contribution in [0.2, 0.25) is 0 Å². The summed E-state index contributed by atoms with van der Waals surface area (Å²) < 4.78 is 0.954. The van der Waals surface area contributed by atoms with Crippen molar-refractivity contribution in [2.75, 3.05) is 0 Å². The summed E-state index contributed by atoms with van der Waals surface area (Å²) in [6.07, 6.45) is 4.41. The molecule has 3 fully saturated rings. The first-order valence-electron chi connectivity index (χ1n) is 5.08. The van der Waals surface area contributed by atoms with Gasteiger partial charge in [-0.05, 0) is 31.1 Å². The summed E-state index contributed by atoms with van der Waals surface area (Å²) in [7, 11) is 0. The molecular weight excluding hydrogens is 261 g/mol. The second-order valence-corrected chi connectivity index (χ2v) is 6.43. The number of hydrogen-bond donors (Lipinski definition) is 0. The molecule has 0 saturated heterocycles. The molecule has 0 N–H and O–H groups in total. The monoisotopic (exact) mass is 273 g/mol. The maximum atomic E-state index is 4.80. The van der Waals surface area contributed by atoms with E-state index < -0.39 is 0 Å². The maximum Gasteiger partial charge on any atom is 0.0620 e. The summed E-state index contributed by atoms with van der Waals surface area (Å²) in [5, 5.41) is 0. The third-order valence-electron chi connectivity index (χ3n) is 4.37. The van der Waals surface area contributed by atoms with Crippen molar-refractivity contribution < 1.29 is 0 Å². The predicted molar refractivity (Wildman–Crippen MR) is 56.8 cm³/mol. The van der Waals surface area contributed by atoms with E-state index >= 15 is 0 Å². The van der Waals surface area contributed by atoms with Gasteiger partial charge in [0.2, 0.25) is 0 Å². The van der Waals surface area contributed by atoms with Crippen LogP contribution < -0.4 is 0 Å². The van der Waals surface area contributed by atoms with E-state index in [9.17, 15) is 0 Å². The summed E-state index contributed by atoms with van der Waals surface area (Å²) in [6.45, 7) is 0. The zero-order valence-corrected chi connectivity index (χ0v) is 9.07. The highest BCUT2D eigenvalue weighted by Gasteiger charge is 2.67. The molecule has 4 rings (SSSR count). The van der Waals surface area contributed by atoms with Gasteiger partial charge in [-0.1, -0.05) is 22.6 Å². The standard InChI is InChI=1S/C10H12IN/c11-7-2-1-4(7)9-8-5-3-6(5)10(8)12-9/h4-9H,1-3H2/t4?,5?,6?,7-,8?,9?/m0/s1. The lowest BCUT2D eigenvalue weighted by atomic mass is 9.63. The number of rotatable bonds is 1. The van der Waals surface area contributed by atoms with Gasteiger partial charge in [-0.25, -0.2) is 0 Å². The Bertz CT molecular complexity index is 286. The van der Waals surface area contributed by atoms with Crippen molar-refractivity contribution in [3.05, 3.63) is 0 Å². The number of hydrogen-bond acceptors (Lipinski definition) is 1. The van der Waals surface area contributed by atoms with Gasteiger partial charge in [-0.15, -0.1) is 0 Å². The number of alkyl halides is 1. The van der Waals surface area contributed by atoms with Crippen LogP contribution in [0.3, 0.4) is 0 Å².